The second-order valence-electron chi connectivity index (χ2n) is 2.61. The Bertz CT molecular complexity index is 336. The van der Waals surface area contributed by atoms with Crippen LogP contribution in [0.2, 0.25) is 0 Å². The number of rotatable bonds is 4. The first-order valence-electron chi connectivity index (χ1n) is 3.93. The number of thiophene rings is 1. The highest BCUT2D eigenvalue weighted by Crippen LogP contribution is 2.16. The van der Waals surface area contributed by atoms with Crippen molar-refractivity contribution in [1.82, 2.24) is 0 Å². The van der Waals surface area contributed by atoms with Crippen molar-refractivity contribution in [1.29, 1.82) is 0 Å². The van der Waals surface area contributed by atoms with Gasteiger partial charge < -0.3 is 4.79 Å². The van der Waals surface area contributed by atoms with Crippen LogP contribution in [0.25, 0.3) is 6.08 Å². The molecule has 0 fully saturated rings. The Kier molecular flexibility index (Phi) is 3.58. The van der Waals surface area contributed by atoms with Gasteiger partial charge in [0.2, 0.25) is 0 Å². The molecule has 0 saturated carbocycles. The molecule has 0 saturated heterocycles. The summed E-state index contributed by atoms with van der Waals surface area (Å²) in [5, 5.41) is 1.90. The molecule has 0 atom stereocenters. The molecule has 0 unspecified atom stereocenters. The molecule has 1 heterocycles. The monoisotopic (exact) mass is 194 g/mol. The Hall–Kier alpha value is -1.22. The first kappa shape index (κ1) is 9.86. The van der Waals surface area contributed by atoms with Crippen molar-refractivity contribution in [2.75, 3.05) is 0 Å². The molecule has 0 aliphatic carbocycles. The third-order valence-electron chi connectivity index (χ3n) is 1.51. The fraction of sp³-hybridized carbons (Fsp3) is 0.200. The lowest BCUT2D eigenvalue weighted by Gasteiger charge is -1.83. The van der Waals surface area contributed by atoms with Crippen LogP contribution in [0.5, 0.6) is 0 Å². The second-order valence-corrected chi connectivity index (χ2v) is 3.52. The van der Waals surface area contributed by atoms with E-state index < -0.39 is 0 Å². The molecule has 3 heteroatoms. The number of ketones is 1. The summed E-state index contributed by atoms with van der Waals surface area (Å²) in [7, 11) is 0. The molecule has 0 aliphatic rings. The van der Waals surface area contributed by atoms with Crippen LogP contribution in [0.1, 0.15) is 28.6 Å². The van der Waals surface area contributed by atoms with Crippen LogP contribution >= 0.6 is 11.3 Å². The Morgan fingerprint density at radius 3 is 2.92 bits per heavy atom. The minimum atomic E-state index is 0.0834. The maximum Gasteiger partial charge on any atom is 0.169 e. The Balaban J connectivity index is 2.69. The number of carbonyl (C=O) groups excluding carboxylic acids is 2. The van der Waals surface area contributed by atoms with Gasteiger partial charge in [0.25, 0.3) is 0 Å². The summed E-state index contributed by atoms with van der Waals surface area (Å²) in [5.74, 6) is 0.0834. The molecular weight excluding hydrogens is 184 g/mol. The van der Waals surface area contributed by atoms with Crippen LogP contribution in [-0.4, -0.2) is 12.1 Å². The van der Waals surface area contributed by atoms with Gasteiger partial charge in [0.1, 0.15) is 6.29 Å². The fourth-order valence-corrected chi connectivity index (χ4v) is 1.66. The number of Topliss-reactive ketones (excluding diaryl/α,β-unsaturated/α-hetero) is 1. The molecule has 1 aromatic heterocycles. The normalized spacial score (nSPS) is 10.5. The SMILES string of the molecule is CC(=O)c1cc(C=CCC=O)cs1. The predicted octanol–water partition coefficient (Wildman–Crippen LogP) is 2.55. The molecule has 0 aliphatic heterocycles. The highest BCUT2D eigenvalue weighted by atomic mass is 32.1. The van der Waals surface area contributed by atoms with Crippen molar-refractivity contribution in [3.05, 3.63) is 28.0 Å². The van der Waals surface area contributed by atoms with Crippen molar-refractivity contribution >= 4 is 29.5 Å². The Morgan fingerprint density at radius 1 is 1.62 bits per heavy atom. The summed E-state index contributed by atoms with van der Waals surface area (Å²) in [4.78, 5) is 21.7. The molecular formula is C10H10O2S. The second kappa shape index (κ2) is 4.72. The first-order valence-corrected chi connectivity index (χ1v) is 4.81. The van der Waals surface area contributed by atoms with E-state index in [-0.39, 0.29) is 5.78 Å². The first-order chi connectivity index (χ1) is 6.24. The van der Waals surface area contributed by atoms with E-state index in [1.807, 2.05) is 17.5 Å². The highest BCUT2D eigenvalue weighted by molar-refractivity contribution is 7.12. The van der Waals surface area contributed by atoms with Gasteiger partial charge in [-0.05, 0) is 23.9 Å². The van der Waals surface area contributed by atoms with Crippen molar-refractivity contribution in [3.8, 4) is 0 Å². The average Bonchev–Trinajstić information content (AvgIpc) is 2.53. The van der Waals surface area contributed by atoms with Crippen LogP contribution < -0.4 is 0 Å². The lowest BCUT2D eigenvalue weighted by Crippen LogP contribution is -1.83. The Labute approximate surface area is 80.9 Å². The molecule has 1 aromatic rings. The van der Waals surface area contributed by atoms with Crippen LogP contribution in [-0.2, 0) is 4.79 Å². The van der Waals surface area contributed by atoms with E-state index in [2.05, 4.69) is 0 Å². The third kappa shape index (κ3) is 2.95. The van der Waals surface area contributed by atoms with Gasteiger partial charge in [-0.2, -0.15) is 0 Å². The maximum atomic E-state index is 10.9. The number of hydrogen-bond donors (Lipinski definition) is 0. The summed E-state index contributed by atoms with van der Waals surface area (Å²) >= 11 is 1.43. The van der Waals surface area contributed by atoms with Gasteiger partial charge in [-0.15, -0.1) is 11.3 Å². The molecule has 68 valence electrons. The van der Waals surface area contributed by atoms with Crippen LogP contribution in [0.15, 0.2) is 17.5 Å². The van der Waals surface area contributed by atoms with Gasteiger partial charge in [0, 0.05) is 6.42 Å². The van der Waals surface area contributed by atoms with Gasteiger partial charge in [0.05, 0.1) is 4.88 Å². The van der Waals surface area contributed by atoms with Gasteiger partial charge >= 0.3 is 0 Å². The lowest BCUT2D eigenvalue weighted by molar-refractivity contribution is -0.107. The summed E-state index contributed by atoms with van der Waals surface area (Å²) < 4.78 is 0. The Morgan fingerprint density at radius 2 is 2.38 bits per heavy atom. The van der Waals surface area contributed by atoms with E-state index in [9.17, 15) is 9.59 Å². The van der Waals surface area contributed by atoms with Gasteiger partial charge in [-0.25, -0.2) is 0 Å². The van der Waals surface area contributed by atoms with Gasteiger partial charge in [0.15, 0.2) is 5.78 Å². The summed E-state index contributed by atoms with van der Waals surface area (Å²) in [6.45, 7) is 1.55. The van der Waals surface area contributed by atoms with E-state index in [0.29, 0.717) is 6.42 Å². The van der Waals surface area contributed by atoms with Crippen LogP contribution in [0.3, 0.4) is 0 Å². The van der Waals surface area contributed by atoms with E-state index >= 15 is 0 Å². The van der Waals surface area contributed by atoms with E-state index in [4.69, 9.17) is 0 Å². The number of carbonyl (C=O) groups is 2. The molecule has 13 heavy (non-hydrogen) atoms. The summed E-state index contributed by atoms with van der Waals surface area (Å²) in [5.41, 5.74) is 0.983. The molecule has 2 nitrogen and oxygen atoms in total. The zero-order valence-corrected chi connectivity index (χ0v) is 8.14. The summed E-state index contributed by atoms with van der Waals surface area (Å²) in [6.07, 6.45) is 4.89. The van der Waals surface area contributed by atoms with E-state index in [1.54, 1.807) is 13.0 Å². The van der Waals surface area contributed by atoms with Crippen LogP contribution in [0, 0.1) is 0 Å². The number of hydrogen-bond acceptors (Lipinski definition) is 3. The molecule has 0 N–H and O–H groups in total. The smallest absolute Gasteiger partial charge is 0.169 e. The third-order valence-corrected chi connectivity index (χ3v) is 2.56. The van der Waals surface area contributed by atoms with Crippen molar-refractivity contribution < 1.29 is 9.59 Å². The summed E-state index contributed by atoms with van der Waals surface area (Å²) in [6, 6.07) is 1.83. The minimum Gasteiger partial charge on any atom is -0.303 e. The maximum absolute atomic E-state index is 10.9. The van der Waals surface area contributed by atoms with Crippen molar-refractivity contribution in [2.24, 2.45) is 0 Å². The lowest BCUT2D eigenvalue weighted by atomic mass is 10.2. The predicted molar refractivity (Wildman–Crippen MR) is 54.0 cm³/mol. The average molecular weight is 194 g/mol. The van der Waals surface area contributed by atoms with E-state index in [1.165, 1.54) is 11.3 Å². The molecule has 0 radical (unpaired) electrons. The minimum absolute atomic E-state index is 0.0834. The molecule has 0 spiro atoms. The zero-order chi connectivity index (χ0) is 9.68. The molecule has 1 rings (SSSR count). The highest BCUT2D eigenvalue weighted by Gasteiger charge is 2.00. The largest absolute Gasteiger partial charge is 0.303 e. The topological polar surface area (TPSA) is 34.1 Å². The van der Waals surface area contributed by atoms with Crippen molar-refractivity contribution in [3.63, 3.8) is 0 Å². The van der Waals surface area contributed by atoms with Gasteiger partial charge in [-0.3, -0.25) is 4.79 Å². The number of allylic oxidation sites excluding steroid dienone is 1. The van der Waals surface area contributed by atoms with E-state index in [0.717, 1.165) is 16.7 Å². The molecule has 0 bridgehead atoms. The number of aldehydes is 1. The van der Waals surface area contributed by atoms with Gasteiger partial charge in [-0.1, -0.05) is 12.2 Å². The van der Waals surface area contributed by atoms with Crippen molar-refractivity contribution in [2.45, 2.75) is 13.3 Å². The quantitative estimate of drug-likeness (QED) is 0.545. The standard InChI is InChI=1S/C10H10O2S/c1-8(12)10-6-9(7-13-10)4-2-3-5-11/h2,4-7H,3H2,1H3. The molecule has 0 amide bonds. The molecule has 0 aromatic carbocycles. The van der Waals surface area contributed by atoms with Crippen LogP contribution in [0.4, 0.5) is 0 Å². The fourth-order valence-electron chi connectivity index (χ4n) is 0.883. The zero-order valence-electron chi connectivity index (χ0n) is 7.32.